The average Bonchev–Trinajstić information content (AvgIpc) is 2.88. The van der Waals surface area contributed by atoms with Crippen molar-refractivity contribution in [3.05, 3.63) is 0 Å². The van der Waals surface area contributed by atoms with Gasteiger partial charge >= 0.3 is 0 Å². The van der Waals surface area contributed by atoms with Gasteiger partial charge in [0.25, 0.3) is 0 Å². The Labute approximate surface area is 258 Å². The van der Waals surface area contributed by atoms with E-state index >= 15 is 0 Å². The predicted molar refractivity (Wildman–Crippen MR) is 181 cm³/mol. The Bertz CT molecular complexity index is 778. The zero-order valence-electron chi connectivity index (χ0n) is 26.1. The predicted octanol–water partition coefficient (Wildman–Crippen LogP) is -4.00. The van der Waals surface area contributed by atoms with Crippen molar-refractivity contribution in [3.63, 3.8) is 0 Å². The fraction of sp³-hybridized carbons (Fsp3) is 1.00. The largest absolute Gasteiger partial charge is 0.612 e. The minimum atomic E-state index is -2.19. The van der Waals surface area contributed by atoms with E-state index in [0.717, 1.165) is 0 Å². The van der Waals surface area contributed by atoms with Crippen LogP contribution in [0.3, 0.4) is 0 Å². The maximum Gasteiger partial charge on any atom is 0.246 e. The van der Waals surface area contributed by atoms with Crippen molar-refractivity contribution in [2.45, 2.75) is 146 Å². The Hall–Kier alpha value is 1.29. The summed E-state index contributed by atoms with van der Waals surface area (Å²) in [6.45, 7) is 15.1. The van der Waals surface area contributed by atoms with E-state index in [-0.39, 0.29) is 0 Å². The van der Waals surface area contributed by atoms with Gasteiger partial charge in [-0.25, -0.2) is 0 Å². The number of rotatable bonds is 14. The first kappa shape index (κ1) is 37.5. The molecule has 10 atom stereocenters. The van der Waals surface area contributed by atoms with Crippen molar-refractivity contribution >= 4 is 68.3 Å². The lowest BCUT2D eigenvalue weighted by molar-refractivity contribution is -0.263. The molecule has 2 saturated heterocycles. The lowest BCUT2D eigenvalue weighted by Gasteiger charge is -2.64. The van der Waals surface area contributed by atoms with Crippen LogP contribution in [0.1, 0.15) is 55.4 Å². The molecule has 2 aliphatic rings. The van der Waals surface area contributed by atoms with Crippen molar-refractivity contribution in [1.82, 2.24) is 0 Å². The highest BCUT2D eigenvalue weighted by atomic mass is 32.2. The molecule has 0 amide bonds. The van der Waals surface area contributed by atoms with E-state index in [0.29, 0.717) is 36.3 Å². The van der Waals surface area contributed by atoms with Gasteiger partial charge < -0.3 is 44.7 Å². The summed E-state index contributed by atoms with van der Waals surface area (Å²) in [7, 11) is -8.59. The maximum atomic E-state index is 14.8. The fourth-order valence-corrected chi connectivity index (χ4v) is 28.2. The van der Waals surface area contributed by atoms with Gasteiger partial charge in [0.05, 0.1) is 69.3 Å². The Morgan fingerprint density at radius 3 is 1.02 bits per heavy atom. The van der Waals surface area contributed by atoms with Crippen LogP contribution in [0.4, 0.5) is 0 Å². The lowest BCUT2D eigenvalue weighted by Crippen LogP contribution is -2.88. The summed E-state index contributed by atoms with van der Waals surface area (Å²) < 4.78 is 27.5. The quantitative estimate of drug-likeness (QED) is 0.0788. The topological polar surface area (TPSA) is 163 Å². The molecule has 0 bridgehead atoms. The van der Waals surface area contributed by atoms with Gasteiger partial charge in [0.15, 0.2) is 0 Å². The molecule has 2 fully saturated rings. The molecule has 2 rings (SSSR count). The molecule has 0 aromatic heterocycles. The molecule has 16 heteroatoms. The third kappa shape index (κ3) is 5.62. The standard InChI is InChI=1S/C24H58O9SSi6/c1-9-35-19(25)15(7)32-17(21(27,37-11-3)23(19,29)39-13-5)34(31)18-22(28,38-12-4)24(30,40-14-6)20(26,36-10-2)16(8)33-18/h15-18,25-30H,9-14,35-40H2,1-8H3/t15-,16-,17?,18?,19-,20-,21-,22-,23-,24-,34?/m1/s1. The Morgan fingerprint density at radius 1 is 0.525 bits per heavy atom. The third-order valence-corrected chi connectivity index (χ3v) is 28.4. The Balaban J connectivity index is 2.78. The highest BCUT2D eigenvalue weighted by Crippen LogP contribution is 2.51. The van der Waals surface area contributed by atoms with Gasteiger partial charge in [-0.1, -0.05) is 77.8 Å². The molecule has 2 heterocycles. The molecule has 0 spiro atoms. The number of ether oxygens (including phenoxy) is 2. The second-order valence-electron chi connectivity index (χ2n) is 12.5. The van der Waals surface area contributed by atoms with Crippen molar-refractivity contribution in [2.75, 3.05) is 0 Å². The minimum Gasteiger partial charge on any atom is -0.612 e. The minimum absolute atomic E-state index is 0.594. The molecule has 2 unspecified atom stereocenters. The molecule has 2 aliphatic heterocycles. The van der Waals surface area contributed by atoms with Crippen LogP contribution >= 0.6 is 0 Å². The number of aliphatic hydroxyl groups is 6. The van der Waals surface area contributed by atoms with E-state index in [1.807, 2.05) is 41.5 Å². The summed E-state index contributed by atoms with van der Waals surface area (Å²) in [5.41, 5.74) is -2.75. The highest BCUT2D eigenvalue weighted by Gasteiger charge is 2.77. The van der Waals surface area contributed by atoms with Gasteiger partial charge in [-0.05, 0) is 13.8 Å². The van der Waals surface area contributed by atoms with Crippen LogP contribution in [0.5, 0.6) is 0 Å². The summed E-state index contributed by atoms with van der Waals surface area (Å²) in [4.78, 5) is 0. The van der Waals surface area contributed by atoms with E-state index in [4.69, 9.17) is 9.47 Å². The van der Waals surface area contributed by atoms with Gasteiger partial charge in [-0.2, -0.15) is 0 Å². The van der Waals surface area contributed by atoms with E-state index in [1.165, 1.54) is 0 Å². The first-order chi connectivity index (χ1) is 18.6. The van der Waals surface area contributed by atoms with Crippen LogP contribution in [0, 0.1) is 0 Å². The normalized spacial score (nSPS) is 48.7. The van der Waals surface area contributed by atoms with Crippen molar-refractivity contribution in [3.8, 4) is 0 Å². The molecular weight excluding hydrogens is 633 g/mol. The van der Waals surface area contributed by atoms with Crippen molar-refractivity contribution in [1.29, 1.82) is 0 Å². The number of hydrogen-bond donors (Lipinski definition) is 6. The smallest absolute Gasteiger partial charge is 0.246 e. The fourth-order valence-electron chi connectivity index (χ4n) is 7.82. The molecule has 0 aromatic carbocycles. The van der Waals surface area contributed by atoms with Crippen molar-refractivity contribution < 1.29 is 44.7 Å². The van der Waals surface area contributed by atoms with Gasteiger partial charge in [0.2, 0.25) is 10.9 Å². The second-order valence-corrected chi connectivity index (χ2v) is 29.3. The van der Waals surface area contributed by atoms with E-state index in [9.17, 15) is 35.2 Å². The van der Waals surface area contributed by atoms with Gasteiger partial charge in [-0.3, -0.25) is 0 Å². The van der Waals surface area contributed by atoms with Crippen LogP contribution in [-0.2, 0) is 20.6 Å². The second kappa shape index (κ2) is 14.2. The summed E-state index contributed by atoms with van der Waals surface area (Å²) in [5.74, 6) is 0. The zero-order chi connectivity index (χ0) is 30.8. The van der Waals surface area contributed by atoms with E-state index < -0.39 is 123 Å². The number of hydrogen-bond acceptors (Lipinski definition) is 9. The molecule has 40 heavy (non-hydrogen) atoms. The van der Waals surface area contributed by atoms with Crippen LogP contribution in [-0.4, -0.2) is 147 Å². The highest BCUT2D eigenvalue weighted by molar-refractivity contribution is 7.92. The molecular formula is C24H58O9SSi6. The monoisotopic (exact) mass is 690 g/mol. The summed E-state index contributed by atoms with van der Waals surface area (Å²) in [6, 6.07) is 3.89. The van der Waals surface area contributed by atoms with Gasteiger partial charge in [0, 0.05) is 11.2 Å². The summed E-state index contributed by atoms with van der Waals surface area (Å²) in [5, 5.41) is 63.5. The molecule has 238 valence electrons. The van der Waals surface area contributed by atoms with Crippen LogP contribution < -0.4 is 0 Å². The maximum absolute atomic E-state index is 14.8. The molecule has 0 saturated carbocycles. The first-order valence-corrected chi connectivity index (χ1v) is 27.1. The Morgan fingerprint density at radius 2 is 0.775 bits per heavy atom. The van der Waals surface area contributed by atoms with Crippen molar-refractivity contribution in [2.24, 2.45) is 0 Å². The van der Waals surface area contributed by atoms with Crippen LogP contribution in [0.2, 0.25) is 36.3 Å². The molecule has 0 aromatic rings. The molecule has 6 N–H and O–H groups in total. The Kier molecular flexibility index (Phi) is 13.3. The van der Waals surface area contributed by atoms with Crippen LogP contribution in [0.25, 0.3) is 0 Å². The molecule has 0 radical (unpaired) electrons. The average molecular weight is 691 g/mol. The lowest BCUT2D eigenvalue weighted by atomic mass is 9.97. The SMILES string of the molecule is CC[SiH2][C@@]1(O)[C@](O)([SiH2]CC)C([S+]([O-])C2O[C@H](C)[C@@](O)([SiH2]CC)[C@@](O)([SiH2]CC)[C@]2(O)[SiH2]CC)O[C@H](C)[C@@]1(O)[SiH2]CC. The molecule has 0 aliphatic carbocycles. The van der Waals surface area contributed by atoms with E-state index in [2.05, 4.69) is 0 Å². The van der Waals surface area contributed by atoms with Gasteiger partial charge in [-0.15, -0.1) is 0 Å². The first-order valence-electron chi connectivity index (χ1n) is 15.6. The van der Waals surface area contributed by atoms with Gasteiger partial charge in [0.1, 0.15) is 31.3 Å². The third-order valence-electron chi connectivity index (χ3n) is 9.82. The summed E-state index contributed by atoms with van der Waals surface area (Å²) in [6.07, 6.45) is -1.71. The van der Waals surface area contributed by atoms with Crippen LogP contribution in [0.15, 0.2) is 0 Å². The van der Waals surface area contributed by atoms with E-state index in [1.54, 1.807) is 13.8 Å². The summed E-state index contributed by atoms with van der Waals surface area (Å²) >= 11 is -2.19. The molecule has 9 nitrogen and oxygen atoms in total. The zero-order valence-corrected chi connectivity index (χ0v) is 35.4.